The Kier molecular flexibility index (Phi) is 8.07. The minimum atomic E-state index is 0.782. The van der Waals surface area contributed by atoms with Crippen molar-refractivity contribution < 1.29 is 9.47 Å². The van der Waals surface area contributed by atoms with Gasteiger partial charge in [-0.25, -0.2) is 4.98 Å². The molecular formula is C31H31N5O2S. The molecule has 0 spiro atoms. The first-order chi connectivity index (χ1) is 19.3. The first-order valence-electron chi connectivity index (χ1n) is 13.2. The number of fused-ring (bicyclic) bond motifs is 1. The first kappa shape index (κ1) is 25.5. The zero-order valence-corrected chi connectivity index (χ0v) is 22.5. The second-order valence-corrected chi connectivity index (χ2v) is 10.4. The van der Waals surface area contributed by atoms with E-state index in [4.69, 9.17) is 14.5 Å². The van der Waals surface area contributed by atoms with Crippen LogP contribution in [0.15, 0.2) is 90.4 Å². The Hall–Kier alpha value is -3.82. The molecule has 3 heterocycles. The Labute approximate surface area is 232 Å². The van der Waals surface area contributed by atoms with Crippen molar-refractivity contribution in [3.8, 4) is 22.8 Å². The van der Waals surface area contributed by atoms with Gasteiger partial charge in [0, 0.05) is 66.6 Å². The molecule has 3 aromatic carbocycles. The molecule has 1 aliphatic heterocycles. The van der Waals surface area contributed by atoms with Gasteiger partial charge in [0.05, 0.1) is 24.4 Å². The molecule has 8 heteroatoms. The van der Waals surface area contributed by atoms with Crippen LogP contribution in [0.25, 0.3) is 22.2 Å². The second-order valence-electron chi connectivity index (χ2n) is 9.41. The van der Waals surface area contributed by atoms with E-state index in [-0.39, 0.29) is 0 Å². The molecule has 1 aliphatic rings. The van der Waals surface area contributed by atoms with Gasteiger partial charge in [0.25, 0.3) is 0 Å². The van der Waals surface area contributed by atoms with Gasteiger partial charge in [0.1, 0.15) is 16.5 Å². The zero-order chi connectivity index (χ0) is 26.3. The van der Waals surface area contributed by atoms with E-state index in [1.54, 1.807) is 11.3 Å². The molecule has 0 radical (unpaired) electrons. The van der Waals surface area contributed by atoms with Crippen molar-refractivity contribution >= 4 is 33.6 Å². The molecule has 1 saturated heterocycles. The van der Waals surface area contributed by atoms with Gasteiger partial charge in [-0.2, -0.15) is 0 Å². The van der Waals surface area contributed by atoms with E-state index in [9.17, 15) is 0 Å². The molecule has 198 valence electrons. The molecule has 5 aromatic rings. The fraction of sp³-hybridized carbons (Fsp3) is 0.226. The first-order valence-corrected chi connectivity index (χ1v) is 14.1. The van der Waals surface area contributed by atoms with Crippen LogP contribution in [0.1, 0.15) is 5.01 Å². The van der Waals surface area contributed by atoms with Gasteiger partial charge in [-0.3, -0.25) is 9.88 Å². The zero-order valence-electron chi connectivity index (χ0n) is 21.7. The number of hydrogen-bond donors (Lipinski definition) is 2. The maximum absolute atomic E-state index is 5.91. The van der Waals surface area contributed by atoms with Gasteiger partial charge in [-0.1, -0.05) is 30.3 Å². The largest absolute Gasteiger partial charge is 0.457 e. The Balaban J connectivity index is 1.08. The molecule has 0 saturated carbocycles. The molecule has 39 heavy (non-hydrogen) atoms. The number of hydrogen-bond acceptors (Lipinski definition) is 8. The Bertz CT molecular complexity index is 1500. The monoisotopic (exact) mass is 537 g/mol. The molecule has 6 rings (SSSR count). The number of ether oxygens (including phenoxy) is 2. The average Bonchev–Trinajstić information content (AvgIpc) is 3.46. The fourth-order valence-corrected chi connectivity index (χ4v) is 5.36. The predicted molar refractivity (Wildman–Crippen MR) is 158 cm³/mol. The van der Waals surface area contributed by atoms with E-state index in [2.05, 4.69) is 44.1 Å². The number of thiazole rings is 1. The summed E-state index contributed by atoms with van der Waals surface area (Å²) >= 11 is 1.69. The van der Waals surface area contributed by atoms with Crippen LogP contribution in [0.4, 0.5) is 11.4 Å². The summed E-state index contributed by atoms with van der Waals surface area (Å²) < 4.78 is 11.3. The molecule has 0 aliphatic carbocycles. The summed E-state index contributed by atoms with van der Waals surface area (Å²) in [5, 5.41) is 11.3. The van der Waals surface area contributed by atoms with Crippen LogP contribution in [0.3, 0.4) is 0 Å². The van der Waals surface area contributed by atoms with Gasteiger partial charge >= 0.3 is 0 Å². The molecular weight excluding hydrogens is 506 g/mol. The van der Waals surface area contributed by atoms with Crippen molar-refractivity contribution in [2.75, 3.05) is 44.7 Å². The van der Waals surface area contributed by atoms with Crippen molar-refractivity contribution in [3.05, 3.63) is 95.4 Å². The number of anilines is 2. The van der Waals surface area contributed by atoms with Gasteiger partial charge in [-0.15, -0.1) is 11.3 Å². The quantitative estimate of drug-likeness (QED) is 0.202. The predicted octanol–water partition coefficient (Wildman–Crippen LogP) is 6.32. The van der Waals surface area contributed by atoms with Crippen LogP contribution in [-0.4, -0.2) is 54.3 Å². The van der Waals surface area contributed by atoms with Crippen molar-refractivity contribution in [1.29, 1.82) is 0 Å². The normalized spacial score (nSPS) is 13.9. The van der Waals surface area contributed by atoms with Crippen molar-refractivity contribution in [3.63, 3.8) is 0 Å². The van der Waals surface area contributed by atoms with E-state index in [0.29, 0.717) is 0 Å². The molecule has 2 aromatic heterocycles. The SMILES string of the molecule is c1ccc(Oc2ccc(Nc3ccnc4cc(-c5csc(CNCCN6CCOCC6)n5)ccc34)cc2)cc1. The number of morpholine rings is 1. The van der Waals surface area contributed by atoms with Gasteiger partial charge in [-0.05, 0) is 48.5 Å². The molecule has 1 fully saturated rings. The van der Waals surface area contributed by atoms with Gasteiger partial charge < -0.3 is 20.1 Å². The lowest BCUT2D eigenvalue weighted by Crippen LogP contribution is -2.40. The van der Waals surface area contributed by atoms with E-state index in [0.717, 1.165) is 96.0 Å². The third-order valence-corrected chi connectivity index (χ3v) is 7.54. The smallest absolute Gasteiger partial charge is 0.127 e. The fourth-order valence-electron chi connectivity index (χ4n) is 4.58. The summed E-state index contributed by atoms with van der Waals surface area (Å²) in [7, 11) is 0. The standard InChI is InChI=1S/C31H31N5O2S/c1-2-4-25(5-3-1)38-26-9-7-24(8-10-26)34-28-12-13-33-29-20-23(6-11-27(28)29)30-22-39-31(35-30)21-32-14-15-36-16-18-37-19-17-36/h1-13,20,22,32H,14-19,21H2,(H,33,34). The van der Waals surface area contributed by atoms with Crippen LogP contribution in [-0.2, 0) is 11.3 Å². The van der Waals surface area contributed by atoms with E-state index < -0.39 is 0 Å². The minimum absolute atomic E-state index is 0.782. The number of nitrogens with one attached hydrogen (secondary N) is 2. The number of rotatable bonds is 10. The number of para-hydroxylation sites is 1. The number of benzene rings is 3. The second kappa shape index (κ2) is 12.4. The summed E-state index contributed by atoms with van der Waals surface area (Å²) in [5.74, 6) is 1.62. The lowest BCUT2D eigenvalue weighted by Gasteiger charge is -2.26. The topological polar surface area (TPSA) is 71.5 Å². The third-order valence-electron chi connectivity index (χ3n) is 6.69. The third kappa shape index (κ3) is 6.61. The number of aromatic nitrogens is 2. The van der Waals surface area contributed by atoms with Crippen molar-refractivity contribution in [1.82, 2.24) is 20.2 Å². The highest BCUT2D eigenvalue weighted by Gasteiger charge is 2.11. The van der Waals surface area contributed by atoms with Crippen LogP contribution in [0.2, 0.25) is 0 Å². The van der Waals surface area contributed by atoms with E-state index >= 15 is 0 Å². The summed E-state index contributed by atoms with van der Waals surface area (Å²) in [5.41, 5.74) is 4.98. The lowest BCUT2D eigenvalue weighted by molar-refractivity contribution is 0.0384. The maximum atomic E-state index is 5.91. The molecule has 7 nitrogen and oxygen atoms in total. The molecule has 0 amide bonds. The summed E-state index contributed by atoms with van der Waals surface area (Å²) in [6.45, 7) is 6.49. The van der Waals surface area contributed by atoms with Crippen LogP contribution in [0.5, 0.6) is 11.5 Å². The Morgan fingerprint density at radius 3 is 2.59 bits per heavy atom. The summed E-state index contributed by atoms with van der Waals surface area (Å²) in [6, 6.07) is 26.1. The van der Waals surface area contributed by atoms with Crippen LogP contribution >= 0.6 is 11.3 Å². The average molecular weight is 538 g/mol. The van der Waals surface area contributed by atoms with E-state index in [1.807, 2.05) is 66.9 Å². The number of nitrogens with zero attached hydrogens (tertiary/aromatic N) is 3. The Morgan fingerprint density at radius 2 is 1.74 bits per heavy atom. The van der Waals surface area contributed by atoms with Gasteiger partial charge in [0.15, 0.2) is 0 Å². The lowest BCUT2D eigenvalue weighted by atomic mass is 10.1. The highest BCUT2D eigenvalue weighted by Crippen LogP contribution is 2.31. The summed E-state index contributed by atoms with van der Waals surface area (Å²) in [6.07, 6.45) is 1.84. The molecule has 0 atom stereocenters. The van der Waals surface area contributed by atoms with Gasteiger partial charge in [0.2, 0.25) is 0 Å². The van der Waals surface area contributed by atoms with Crippen LogP contribution in [0, 0.1) is 0 Å². The molecule has 2 N–H and O–H groups in total. The highest BCUT2D eigenvalue weighted by molar-refractivity contribution is 7.09. The highest BCUT2D eigenvalue weighted by atomic mass is 32.1. The molecule has 0 unspecified atom stereocenters. The maximum Gasteiger partial charge on any atom is 0.127 e. The summed E-state index contributed by atoms with van der Waals surface area (Å²) in [4.78, 5) is 11.9. The van der Waals surface area contributed by atoms with Crippen LogP contribution < -0.4 is 15.4 Å². The molecule has 0 bridgehead atoms. The Morgan fingerprint density at radius 1 is 0.923 bits per heavy atom. The number of pyridine rings is 1. The van der Waals surface area contributed by atoms with Crippen molar-refractivity contribution in [2.24, 2.45) is 0 Å². The van der Waals surface area contributed by atoms with Crippen molar-refractivity contribution in [2.45, 2.75) is 6.54 Å². The minimum Gasteiger partial charge on any atom is -0.457 e. The van der Waals surface area contributed by atoms with E-state index in [1.165, 1.54) is 0 Å².